The van der Waals surface area contributed by atoms with Gasteiger partial charge in [-0.1, -0.05) is 13.8 Å². The van der Waals surface area contributed by atoms with Crippen LogP contribution in [0.4, 0.5) is 0 Å². The van der Waals surface area contributed by atoms with Crippen molar-refractivity contribution in [2.24, 2.45) is 5.73 Å². The summed E-state index contributed by atoms with van der Waals surface area (Å²) < 4.78 is 11.2. The Morgan fingerprint density at radius 1 is 0.929 bits per heavy atom. The van der Waals surface area contributed by atoms with E-state index in [2.05, 4.69) is 6.92 Å². The van der Waals surface area contributed by atoms with Crippen LogP contribution < -0.4 is 5.73 Å². The highest BCUT2D eigenvalue weighted by atomic mass is 16.7. The Hall–Kier alpha value is -0.120. The van der Waals surface area contributed by atoms with Gasteiger partial charge in [-0.25, -0.2) is 0 Å². The molecule has 0 unspecified atom stereocenters. The van der Waals surface area contributed by atoms with Gasteiger partial charge in [-0.2, -0.15) is 0 Å². The summed E-state index contributed by atoms with van der Waals surface area (Å²) in [6.07, 6.45) is 3.93. The zero-order chi connectivity index (χ0) is 10.7. The Morgan fingerprint density at radius 2 is 1.36 bits per heavy atom. The minimum atomic E-state index is -0.251. The van der Waals surface area contributed by atoms with Gasteiger partial charge < -0.3 is 15.2 Å². The maximum absolute atomic E-state index is 6.02. The molecule has 2 N–H and O–H groups in total. The lowest BCUT2D eigenvalue weighted by molar-refractivity contribution is -0.183. The van der Waals surface area contributed by atoms with E-state index in [1.54, 1.807) is 0 Å². The first-order valence-corrected chi connectivity index (χ1v) is 5.69. The molecule has 1 saturated heterocycles. The van der Waals surface area contributed by atoms with Gasteiger partial charge in [0.15, 0.2) is 5.79 Å². The van der Waals surface area contributed by atoms with Crippen molar-refractivity contribution in [3.05, 3.63) is 0 Å². The fourth-order valence-electron chi connectivity index (χ4n) is 1.99. The molecule has 1 heterocycles. The quantitative estimate of drug-likeness (QED) is 0.652. The molecule has 1 aliphatic carbocycles. The second-order valence-electron chi connectivity index (χ2n) is 4.26. The van der Waals surface area contributed by atoms with E-state index in [0.29, 0.717) is 0 Å². The standard InChI is InChI=1S/C9H17NO2.C2H6/c1-8(10)2-4-9(5-3-8)11-6-7-12-9;1-2/h2-7,10H2,1H3;1-2H3. The van der Waals surface area contributed by atoms with E-state index in [1.807, 2.05) is 13.8 Å². The minimum absolute atomic E-state index is 0.000556. The summed E-state index contributed by atoms with van der Waals surface area (Å²) in [5.74, 6) is -0.251. The van der Waals surface area contributed by atoms with Gasteiger partial charge in [-0.05, 0) is 19.8 Å². The van der Waals surface area contributed by atoms with Gasteiger partial charge in [0.2, 0.25) is 0 Å². The molecule has 1 saturated carbocycles. The van der Waals surface area contributed by atoms with Gasteiger partial charge >= 0.3 is 0 Å². The van der Waals surface area contributed by atoms with Crippen LogP contribution in [0.5, 0.6) is 0 Å². The Labute approximate surface area is 86.9 Å². The van der Waals surface area contributed by atoms with E-state index >= 15 is 0 Å². The first-order valence-electron chi connectivity index (χ1n) is 5.69. The van der Waals surface area contributed by atoms with Gasteiger partial charge in [0.25, 0.3) is 0 Å². The van der Waals surface area contributed by atoms with Gasteiger partial charge in [-0.15, -0.1) is 0 Å². The fraction of sp³-hybridized carbons (Fsp3) is 1.00. The van der Waals surface area contributed by atoms with E-state index in [9.17, 15) is 0 Å². The predicted octanol–water partition coefficient (Wildman–Crippen LogP) is 2.05. The summed E-state index contributed by atoms with van der Waals surface area (Å²) in [6.45, 7) is 7.61. The highest BCUT2D eigenvalue weighted by Gasteiger charge is 2.42. The first-order chi connectivity index (χ1) is 6.62. The largest absolute Gasteiger partial charge is 0.348 e. The van der Waals surface area contributed by atoms with Crippen LogP contribution in [0.3, 0.4) is 0 Å². The van der Waals surface area contributed by atoms with Crippen LogP contribution in [0.25, 0.3) is 0 Å². The molecule has 84 valence electrons. The topological polar surface area (TPSA) is 44.5 Å². The Bertz CT molecular complexity index is 162. The van der Waals surface area contributed by atoms with Crippen LogP contribution in [0, 0.1) is 0 Å². The van der Waals surface area contributed by atoms with Crippen molar-refractivity contribution in [1.29, 1.82) is 0 Å². The summed E-state index contributed by atoms with van der Waals surface area (Å²) in [5, 5.41) is 0. The van der Waals surface area contributed by atoms with Crippen LogP contribution in [0.15, 0.2) is 0 Å². The van der Waals surface area contributed by atoms with E-state index in [1.165, 1.54) is 0 Å². The van der Waals surface area contributed by atoms with Crippen molar-refractivity contribution < 1.29 is 9.47 Å². The van der Waals surface area contributed by atoms with E-state index in [4.69, 9.17) is 15.2 Å². The second-order valence-corrected chi connectivity index (χ2v) is 4.26. The van der Waals surface area contributed by atoms with Crippen molar-refractivity contribution >= 4 is 0 Å². The highest BCUT2D eigenvalue weighted by molar-refractivity contribution is 4.91. The summed E-state index contributed by atoms with van der Waals surface area (Å²) >= 11 is 0. The van der Waals surface area contributed by atoms with Crippen LogP contribution in [-0.2, 0) is 9.47 Å². The SMILES string of the molecule is CC.CC1(N)CCC2(CC1)OCCO2. The number of rotatable bonds is 0. The second kappa shape index (κ2) is 4.60. The third-order valence-electron chi connectivity index (χ3n) is 2.97. The van der Waals surface area contributed by atoms with Crippen LogP contribution >= 0.6 is 0 Å². The average Bonchev–Trinajstić information content (AvgIpc) is 2.64. The molecule has 0 bridgehead atoms. The highest BCUT2D eigenvalue weighted by Crippen LogP contribution is 2.38. The van der Waals surface area contributed by atoms with Crippen LogP contribution in [-0.4, -0.2) is 24.5 Å². The van der Waals surface area contributed by atoms with E-state index < -0.39 is 0 Å². The molecule has 14 heavy (non-hydrogen) atoms. The van der Waals surface area contributed by atoms with E-state index in [0.717, 1.165) is 38.9 Å². The Balaban J connectivity index is 0.000000461. The molecular weight excluding hydrogens is 178 g/mol. The molecule has 0 aromatic rings. The first kappa shape index (κ1) is 12.0. The molecule has 0 radical (unpaired) electrons. The van der Waals surface area contributed by atoms with Crippen molar-refractivity contribution in [3.8, 4) is 0 Å². The van der Waals surface area contributed by atoms with Crippen molar-refractivity contribution in [2.75, 3.05) is 13.2 Å². The zero-order valence-corrected chi connectivity index (χ0v) is 9.64. The smallest absolute Gasteiger partial charge is 0.168 e. The molecule has 0 atom stereocenters. The normalized spacial score (nSPS) is 28.3. The maximum Gasteiger partial charge on any atom is 0.168 e. The van der Waals surface area contributed by atoms with Crippen molar-refractivity contribution in [1.82, 2.24) is 0 Å². The third kappa shape index (κ3) is 2.69. The monoisotopic (exact) mass is 201 g/mol. The molecule has 1 spiro atoms. The zero-order valence-electron chi connectivity index (χ0n) is 9.64. The maximum atomic E-state index is 6.02. The van der Waals surface area contributed by atoms with Crippen molar-refractivity contribution in [3.63, 3.8) is 0 Å². The molecule has 2 fully saturated rings. The number of nitrogens with two attached hydrogens (primary N) is 1. The van der Waals surface area contributed by atoms with Gasteiger partial charge in [0.1, 0.15) is 0 Å². The molecule has 2 rings (SSSR count). The lowest BCUT2D eigenvalue weighted by atomic mass is 9.81. The summed E-state index contributed by atoms with van der Waals surface area (Å²) in [7, 11) is 0. The van der Waals surface area contributed by atoms with Gasteiger partial charge in [0.05, 0.1) is 13.2 Å². The van der Waals surface area contributed by atoms with E-state index in [-0.39, 0.29) is 11.3 Å². The summed E-state index contributed by atoms with van der Waals surface area (Å²) in [4.78, 5) is 0. The lowest BCUT2D eigenvalue weighted by Gasteiger charge is -2.39. The number of ether oxygens (including phenoxy) is 2. The molecule has 2 aliphatic rings. The fourth-order valence-corrected chi connectivity index (χ4v) is 1.99. The third-order valence-corrected chi connectivity index (χ3v) is 2.97. The Morgan fingerprint density at radius 3 is 1.79 bits per heavy atom. The number of hydrogen-bond acceptors (Lipinski definition) is 3. The van der Waals surface area contributed by atoms with Crippen LogP contribution in [0.1, 0.15) is 46.5 Å². The molecule has 0 amide bonds. The van der Waals surface area contributed by atoms with Crippen LogP contribution in [0.2, 0.25) is 0 Å². The Kier molecular flexibility index (Phi) is 3.93. The van der Waals surface area contributed by atoms with Crippen molar-refractivity contribution in [2.45, 2.75) is 57.8 Å². The average molecular weight is 201 g/mol. The molecule has 0 aromatic heterocycles. The molecule has 1 aliphatic heterocycles. The number of hydrogen-bond donors (Lipinski definition) is 1. The van der Waals surface area contributed by atoms with Gasteiger partial charge in [-0.3, -0.25) is 0 Å². The molecule has 0 aromatic carbocycles. The summed E-state index contributed by atoms with van der Waals surface area (Å²) in [5.41, 5.74) is 6.02. The summed E-state index contributed by atoms with van der Waals surface area (Å²) in [6, 6.07) is 0. The predicted molar refractivity (Wildman–Crippen MR) is 57.0 cm³/mol. The van der Waals surface area contributed by atoms with Gasteiger partial charge in [0, 0.05) is 18.4 Å². The molecular formula is C11H23NO2. The lowest BCUT2D eigenvalue weighted by Crippen LogP contribution is -2.47. The minimum Gasteiger partial charge on any atom is -0.348 e. The molecule has 3 nitrogen and oxygen atoms in total. The molecule has 3 heteroatoms.